The number of carbonyl (C=O) groups is 1. The van der Waals surface area contributed by atoms with Gasteiger partial charge in [0.05, 0.1) is 12.9 Å². The summed E-state index contributed by atoms with van der Waals surface area (Å²) >= 11 is 0. The molecular formula is C17H26N2O5S. The van der Waals surface area contributed by atoms with Gasteiger partial charge in [-0.25, -0.2) is 4.79 Å². The van der Waals surface area contributed by atoms with Crippen LogP contribution in [0.1, 0.15) is 50.8 Å². The SMILES string of the molecule is CC(C)(C)OC(=O)N1CCC(c2ccc(COS(C)(=O)=O)cn2)CC1. The Labute approximate surface area is 149 Å². The zero-order chi connectivity index (χ0) is 18.7. The molecule has 1 amide bonds. The molecule has 0 aromatic carbocycles. The van der Waals surface area contributed by atoms with Crippen LogP contribution >= 0.6 is 0 Å². The lowest BCUT2D eigenvalue weighted by Gasteiger charge is -2.33. The lowest BCUT2D eigenvalue weighted by atomic mass is 9.93. The molecule has 1 aliphatic rings. The van der Waals surface area contributed by atoms with E-state index >= 15 is 0 Å². The van der Waals surface area contributed by atoms with Gasteiger partial charge in [0.25, 0.3) is 10.1 Å². The Kier molecular flexibility index (Phi) is 6.05. The molecule has 0 aliphatic carbocycles. The third-order valence-electron chi connectivity index (χ3n) is 3.85. The summed E-state index contributed by atoms with van der Waals surface area (Å²) in [7, 11) is -3.46. The molecule has 2 rings (SSSR count). The van der Waals surface area contributed by atoms with Crippen molar-refractivity contribution in [3.05, 3.63) is 29.6 Å². The molecule has 1 fully saturated rings. The predicted molar refractivity (Wildman–Crippen MR) is 93.7 cm³/mol. The molecule has 1 aromatic rings. The van der Waals surface area contributed by atoms with Crippen molar-refractivity contribution in [3.63, 3.8) is 0 Å². The van der Waals surface area contributed by atoms with Crippen molar-refractivity contribution in [3.8, 4) is 0 Å². The van der Waals surface area contributed by atoms with Crippen LogP contribution in [0.2, 0.25) is 0 Å². The summed E-state index contributed by atoms with van der Waals surface area (Å²) in [6.45, 7) is 6.84. The van der Waals surface area contributed by atoms with Gasteiger partial charge in [0, 0.05) is 30.9 Å². The summed E-state index contributed by atoms with van der Waals surface area (Å²) in [5.41, 5.74) is 1.17. The number of nitrogens with zero attached hydrogens (tertiary/aromatic N) is 2. The quantitative estimate of drug-likeness (QED) is 0.758. The summed E-state index contributed by atoms with van der Waals surface area (Å²) in [5, 5.41) is 0. The van der Waals surface area contributed by atoms with E-state index in [2.05, 4.69) is 4.98 Å². The first kappa shape index (κ1) is 19.7. The van der Waals surface area contributed by atoms with E-state index in [0.717, 1.165) is 24.8 Å². The zero-order valence-corrected chi connectivity index (χ0v) is 16.0. The smallest absolute Gasteiger partial charge is 0.410 e. The highest BCUT2D eigenvalue weighted by molar-refractivity contribution is 7.85. The van der Waals surface area contributed by atoms with Gasteiger partial charge in [-0.05, 0) is 45.2 Å². The van der Waals surface area contributed by atoms with Crippen LogP contribution in [0.3, 0.4) is 0 Å². The second-order valence-electron chi connectivity index (χ2n) is 7.30. The van der Waals surface area contributed by atoms with Crippen molar-refractivity contribution in [2.75, 3.05) is 19.3 Å². The van der Waals surface area contributed by atoms with Crippen LogP contribution in [0.15, 0.2) is 18.3 Å². The minimum Gasteiger partial charge on any atom is -0.444 e. The highest BCUT2D eigenvalue weighted by atomic mass is 32.2. The highest BCUT2D eigenvalue weighted by Crippen LogP contribution is 2.27. The van der Waals surface area contributed by atoms with Crippen LogP contribution in [-0.4, -0.2) is 49.3 Å². The Bertz CT molecular complexity index is 687. The Morgan fingerprint density at radius 2 is 1.92 bits per heavy atom. The fourth-order valence-corrected chi connectivity index (χ4v) is 2.97. The maximum absolute atomic E-state index is 12.1. The Morgan fingerprint density at radius 1 is 1.28 bits per heavy atom. The molecule has 1 aliphatic heterocycles. The normalized spacial score (nSPS) is 16.7. The first-order valence-electron chi connectivity index (χ1n) is 8.31. The van der Waals surface area contributed by atoms with Gasteiger partial charge in [0.1, 0.15) is 5.60 Å². The zero-order valence-electron chi connectivity index (χ0n) is 15.2. The van der Waals surface area contributed by atoms with E-state index in [1.165, 1.54) is 0 Å². The number of pyridine rings is 1. The molecule has 0 N–H and O–H groups in total. The number of aromatic nitrogens is 1. The maximum atomic E-state index is 12.1. The predicted octanol–water partition coefficient (Wildman–Crippen LogP) is 2.67. The first-order chi connectivity index (χ1) is 11.5. The number of piperidine rings is 1. The van der Waals surface area contributed by atoms with Gasteiger partial charge in [0.2, 0.25) is 0 Å². The van der Waals surface area contributed by atoms with Crippen LogP contribution in [0.5, 0.6) is 0 Å². The van der Waals surface area contributed by atoms with Crippen LogP contribution < -0.4 is 0 Å². The van der Waals surface area contributed by atoms with Crippen molar-refractivity contribution in [1.82, 2.24) is 9.88 Å². The topological polar surface area (TPSA) is 85.8 Å². The fourth-order valence-electron chi connectivity index (χ4n) is 2.62. The molecule has 0 bridgehead atoms. The van der Waals surface area contributed by atoms with Crippen LogP contribution in [0.25, 0.3) is 0 Å². The Balaban J connectivity index is 1.87. The molecule has 25 heavy (non-hydrogen) atoms. The molecule has 0 unspecified atom stereocenters. The van der Waals surface area contributed by atoms with Crippen molar-refractivity contribution in [2.45, 2.75) is 51.7 Å². The third-order valence-corrected chi connectivity index (χ3v) is 4.40. The maximum Gasteiger partial charge on any atom is 0.410 e. The summed E-state index contributed by atoms with van der Waals surface area (Å²) < 4.78 is 32.2. The summed E-state index contributed by atoms with van der Waals surface area (Å²) in [5.74, 6) is 0.281. The minimum absolute atomic E-state index is 0.0107. The van der Waals surface area contributed by atoms with Gasteiger partial charge in [-0.2, -0.15) is 8.42 Å². The van der Waals surface area contributed by atoms with Crippen molar-refractivity contribution >= 4 is 16.2 Å². The molecule has 2 heterocycles. The lowest BCUT2D eigenvalue weighted by Crippen LogP contribution is -2.41. The molecule has 0 radical (unpaired) electrons. The molecule has 1 saturated heterocycles. The fraction of sp³-hybridized carbons (Fsp3) is 0.647. The number of rotatable bonds is 4. The molecule has 140 valence electrons. The minimum atomic E-state index is -3.46. The third kappa shape index (κ3) is 6.62. The Morgan fingerprint density at radius 3 is 2.40 bits per heavy atom. The molecule has 0 saturated carbocycles. The summed E-state index contributed by atoms with van der Waals surface area (Å²) in [6.07, 6.45) is 4.04. The van der Waals surface area contributed by atoms with Crippen LogP contribution in [0.4, 0.5) is 4.79 Å². The highest BCUT2D eigenvalue weighted by Gasteiger charge is 2.27. The summed E-state index contributed by atoms with van der Waals surface area (Å²) in [4.78, 5) is 18.2. The average molecular weight is 370 g/mol. The van der Waals surface area contributed by atoms with E-state index in [9.17, 15) is 13.2 Å². The molecule has 1 aromatic heterocycles. The van der Waals surface area contributed by atoms with Crippen LogP contribution in [-0.2, 0) is 25.6 Å². The second-order valence-corrected chi connectivity index (χ2v) is 8.94. The first-order valence-corrected chi connectivity index (χ1v) is 10.1. The van der Waals surface area contributed by atoms with E-state index in [0.29, 0.717) is 18.7 Å². The van der Waals surface area contributed by atoms with E-state index in [4.69, 9.17) is 8.92 Å². The van der Waals surface area contributed by atoms with Gasteiger partial charge < -0.3 is 9.64 Å². The van der Waals surface area contributed by atoms with Crippen molar-refractivity contribution < 1.29 is 22.1 Å². The van der Waals surface area contributed by atoms with Crippen LogP contribution in [0, 0.1) is 0 Å². The molecule has 0 atom stereocenters. The standard InChI is InChI=1S/C17H26N2O5S/c1-17(2,3)24-16(20)19-9-7-14(8-10-19)15-6-5-13(11-18-15)12-23-25(4,21)22/h5-6,11,14H,7-10,12H2,1-4H3. The van der Waals surface area contributed by atoms with Gasteiger partial charge >= 0.3 is 6.09 Å². The monoisotopic (exact) mass is 370 g/mol. The molecular weight excluding hydrogens is 344 g/mol. The number of likely N-dealkylation sites (tertiary alicyclic amines) is 1. The van der Waals surface area contributed by atoms with Gasteiger partial charge in [-0.3, -0.25) is 9.17 Å². The van der Waals surface area contributed by atoms with E-state index < -0.39 is 15.7 Å². The van der Waals surface area contributed by atoms with Gasteiger partial charge in [0.15, 0.2) is 0 Å². The average Bonchev–Trinajstić information content (AvgIpc) is 2.51. The van der Waals surface area contributed by atoms with Crippen molar-refractivity contribution in [1.29, 1.82) is 0 Å². The molecule has 7 nitrogen and oxygen atoms in total. The van der Waals surface area contributed by atoms with Crippen molar-refractivity contribution in [2.24, 2.45) is 0 Å². The van der Waals surface area contributed by atoms with Gasteiger partial charge in [-0.1, -0.05) is 6.07 Å². The summed E-state index contributed by atoms with van der Waals surface area (Å²) in [6, 6.07) is 3.72. The van der Waals surface area contributed by atoms with E-state index in [1.54, 1.807) is 11.1 Å². The number of amides is 1. The van der Waals surface area contributed by atoms with Gasteiger partial charge in [-0.15, -0.1) is 0 Å². The number of ether oxygens (including phenoxy) is 1. The molecule has 0 spiro atoms. The van der Waals surface area contributed by atoms with E-state index in [1.807, 2.05) is 32.9 Å². The lowest BCUT2D eigenvalue weighted by molar-refractivity contribution is 0.0204. The second kappa shape index (κ2) is 7.70. The molecule has 8 heteroatoms. The number of hydrogen-bond acceptors (Lipinski definition) is 6. The Hall–Kier alpha value is -1.67. The number of carbonyl (C=O) groups excluding carboxylic acids is 1. The number of hydrogen-bond donors (Lipinski definition) is 0. The largest absolute Gasteiger partial charge is 0.444 e. The van der Waals surface area contributed by atoms with E-state index in [-0.39, 0.29) is 18.6 Å².